The number of benzene rings is 1. The van der Waals surface area contributed by atoms with E-state index in [4.69, 9.17) is 9.47 Å². The van der Waals surface area contributed by atoms with Crippen molar-refractivity contribution in [3.8, 4) is 0 Å². The Morgan fingerprint density at radius 3 is 2.55 bits per heavy atom. The Morgan fingerprint density at radius 2 is 1.91 bits per heavy atom. The minimum absolute atomic E-state index is 0.0349. The van der Waals surface area contributed by atoms with Gasteiger partial charge in [0, 0.05) is 18.8 Å². The number of amides is 1. The van der Waals surface area contributed by atoms with E-state index < -0.39 is 29.5 Å². The third-order valence-electron chi connectivity index (χ3n) is 5.39. The van der Waals surface area contributed by atoms with Crippen LogP contribution < -0.4 is 0 Å². The van der Waals surface area contributed by atoms with Gasteiger partial charge in [-0.15, -0.1) is 0 Å². The molecule has 1 saturated heterocycles. The minimum atomic E-state index is -4.86. The number of carbonyl (C=O) groups is 2. The van der Waals surface area contributed by atoms with Crippen molar-refractivity contribution < 1.29 is 32.2 Å². The lowest BCUT2D eigenvalue weighted by Crippen LogP contribution is -2.43. The molecule has 0 unspecified atom stereocenters. The molecule has 3 aliphatic rings. The number of carbonyl (C=O) groups excluding carboxylic acids is 2. The molecule has 1 amide bonds. The summed E-state index contributed by atoms with van der Waals surface area (Å²) in [6, 6.07) is 7.26. The van der Waals surface area contributed by atoms with Gasteiger partial charge in [-0.3, -0.25) is 4.79 Å². The number of alkyl halides is 3. The number of morpholine rings is 1. The molecule has 0 saturated carbocycles. The van der Waals surface area contributed by atoms with E-state index in [0.717, 1.165) is 11.8 Å². The topological polar surface area (TPSA) is 71.4 Å². The summed E-state index contributed by atoms with van der Waals surface area (Å²) in [7, 11) is 0. The number of thioether (sulfide) groups is 1. The van der Waals surface area contributed by atoms with Crippen LogP contribution in [0.5, 0.6) is 0 Å². The Bertz CT molecular complexity index is 1020. The van der Waals surface area contributed by atoms with Crippen LogP contribution in [0, 0.1) is 0 Å². The molecule has 0 radical (unpaired) electrons. The van der Waals surface area contributed by atoms with Crippen molar-refractivity contribution in [1.29, 1.82) is 0 Å². The van der Waals surface area contributed by atoms with Crippen molar-refractivity contribution in [3.05, 3.63) is 58.3 Å². The number of amidine groups is 1. The number of hydrogen-bond acceptors (Lipinski definition) is 7. The number of esters is 1. The van der Waals surface area contributed by atoms with Gasteiger partial charge in [0.25, 0.3) is 0 Å². The first kappa shape index (κ1) is 23.4. The van der Waals surface area contributed by atoms with Crippen molar-refractivity contribution in [2.45, 2.75) is 25.6 Å². The van der Waals surface area contributed by atoms with Gasteiger partial charge in [-0.25, -0.2) is 9.79 Å². The Hall–Kier alpha value is -2.79. The number of ether oxygens (including phenoxy) is 2. The molecule has 176 valence electrons. The first-order chi connectivity index (χ1) is 15.8. The van der Waals surface area contributed by atoms with Crippen LogP contribution in [-0.2, 0) is 19.1 Å². The van der Waals surface area contributed by atoms with E-state index in [2.05, 4.69) is 4.99 Å². The van der Waals surface area contributed by atoms with Crippen LogP contribution in [-0.4, -0.2) is 65.9 Å². The quantitative estimate of drug-likeness (QED) is 0.599. The van der Waals surface area contributed by atoms with Gasteiger partial charge in [-0.05, 0) is 17.9 Å². The molecule has 0 aliphatic carbocycles. The van der Waals surface area contributed by atoms with Crippen molar-refractivity contribution in [1.82, 2.24) is 9.80 Å². The highest BCUT2D eigenvalue weighted by molar-refractivity contribution is 8.16. The van der Waals surface area contributed by atoms with E-state index in [1.54, 1.807) is 45.5 Å². The van der Waals surface area contributed by atoms with E-state index in [1.165, 1.54) is 6.92 Å². The zero-order valence-electron chi connectivity index (χ0n) is 17.8. The molecule has 0 aromatic heterocycles. The highest BCUT2D eigenvalue weighted by Crippen LogP contribution is 2.48. The average molecular weight is 481 g/mol. The number of halogens is 3. The molecule has 0 spiro atoms. The normalized spacial score (nSPS) is 20.9. The Morgan fingerprint density at radius 1 is 1.21 bits per heavy atom. The molecule has 0 N–H and O–H groups in total. The van der Waals surface area contributed by atoms with Crippen LogP contribution in [0.25, 0.3) is 0 Å². The molecule has 4 rings (SSSR count). The molecule has 1 aromatic carbocycles. The summed E-state index contributed by atoms with van der Waals surface area (Å²) in [5.74, 6) is -1.25. The molecule has 11 heteroatoms. The van der Waals surface area contributed by atoms with Gasteiger partial charge in [-0.2, -0.15) is 13.2 Å². The van der Waals surface area contributed by atoms with E-state index in [-0.39, 0.29) is 24.1 Å². The number of fused-ring (bicyclic) bond motifs is 1. The molecular weight excluding hydrogens is 459 g/mol. The molecule has 1 fully saturated rings. The van der Waals surface area contributed by atoms with Gasteiger partial charge in [0.15, 0.2) is 10.9 Å². The van der Waals surface area contributed by atoms with Gasteiger partial charge in [-0.1, -0.05) is 42.1 Å². The third kappa shape index (κ3) is 4.79. The third-order valence-corrected chi connectivity index (χ3v) is 6.27. The highest BCUT2D eigenvalue weighted by Gasteiger charge is 2.49. The fraction of sp³-hybridized carbons (Fsp3) is 0.409. The predicted molar refractivity (Wildman–Crippen MR) is 116 cm³/mol. The second-order valence-corrected chi connectivity index (χ2v) is 8.29. The van der Waals surface area contributed by atoms with Crippen molar-refractivity contribution in [2.75, 3.05) is 32.9 Å². The van der Waals surface area contributed by atoms with Gasteiger partial charge in [0.05, 0.1) is 37.9 Å². The number of allylic oxidation sites excluding steroid dienone is 1. The molecule has 1 atom stereocenters. The monoisotopic (exact) mass is 481 g/mol. The molecule has 1 aromatic rings. The second kappa shape index (κ2) is 9.60. The Labute approximate surface area is 192 Å². The first-order valence-corrected chi connectivity index (χ1v) is 11.3. The van der Waals surface area contributed by atoms with Crippen molar-refractivity contribution >= 4 is 28.8 Å². The summed E-state index contributed by atoms with van der Waals surface area (Å²) < 4.78 is 52.3. The molecular formula is C22H22F3N3O4S. The maximum Gasteiger partial charge on any atom is 0.434 e. The maximum absolute atomic E-state index is 14.0. The summed E-state index contributed by atoms with van der Waals surface area (Å²) in [5.41, 5.74) is -0.928. The summed E-state index contributed by atoms with van der Waals surface area (Å²) in [6.07, 6.45) is -4.89. The smallest absolute Gasteiger partial charge is 0.434 e. The van der Waals surface area contributed by atoms with Gasteiger partial charge < -0.3 is 19.3 Å². The Balaban J connectivity index is 1.76. The van der Waals surface area contributed by atoms with Crippen LogP contribution in [0.4, 0.5) is 13.2 Å². The largest absolute Gasteiger partial charge is 0.463 e. The van der Waals surface area contributed by atoms with Crippen molar-refractivity contribution in [2.24, 2.45) is 4.99 Å². The van der Waals surface area contributed by atoms with E-state index >= 15 is 0 Å². The molecule has 3 heterocycles. The van der Waals surface area contributed by atoms with Gasteiger partial charge in [0.2, 0.25) is 5.91 Å². The summed E-state index contributed by atoms with van der Waals surface area (Å²) in [4.78, 5) is 32.7. The van der Waals surface area contributed by atoms with E-state index in [1.807, 2.05) is 0 Å². The number of rotatable bonds is 5. The van der Waals surface area contributed by atoms with Crippen LogP contribution in [0.3, 0.4) is 0 Å². The summed E-state index contributed by atoms with van der Waals surface area (Å²) in [5, 5.41) is 1.68. The van der Waals surface area contributed by atoms with E-state index in [9.17, 15) is 22.8 Å². The highest BCUT2D eigenvalue weighted by atomic mass is 32.2. The number of hydrogen-bond donors (Lipinski definition) is 0. The lowest BCUT2D eigenvalue weighted by Gasteiger charge is -2.37. The predicted octanol–water partition coefficient (Wildman–Crippen LogP) is 3.62. The molecule has 0 bridgehead atoms. The number of nitrogens with zero attached hydrogens (tertiary/aromatic N) is 3. The Kier molecular flexibility index (Phi) is 6.80. The second-order valence-electron chi connectivity index (χ2n) is 7.46. The summed E-state index contributed by atoms with van der Waals surface area (Å²) >= 11 is 1.00. The summed E-state index contributed by atoms with van der Waals surface area (Å²) in [6.45, 7) is 3.22. The van der Waals surface area contributed by atoms with Crippen LogP contribution in [0.2, 0.25) is 0 Å². The zero-order valence-corrected chi connectivity index (χ0v) is 18.6. The average Bonchev–Trinajstić information content (AvgIpc) is 3.21. The maximum atomic E-state index is 14.0. The van der Waals surface area contributed by atoms with E-state index in [0.29, 0.717) is 37.6 Å². The van der Waals surface area contributed by atoms with Crippen LogP contribution in [0.1, 0.15) is 24.9 Å². The lowest BCUT2D eigenvalue weighted by molar-refractivity contribution is -0.140. The number of aliphatic imine (C=N–C) groups is 1. The van der Waals surface area contributed by atoms with Crippen LogP contribution in [0.15, 0.2) is 57.7 Å². The first-order valence-electron chi connectivity index (χ1n) is 10.4. The molecule has 33 heavy (non-hydrogen) atoms. The van der Waals surface area contributed by atoms with Crippen molar-refractivity contribution in [3.63, 3.8) is 0 Å². The minimum Gasteiger partial charge on any atom is -0.463 e. The fourth-order valence-electron chi connectivity index (χ4n) is 3.92. The lowest BCUT2D eigenvalue weighted by atomic mass is 9.93. The van der Waals surface area contributed by atoms with Crippen LogP contribution >= 0.6 is 11.8 Å². The molecule has 7 nitrogen and oxygen atoms in total. The van der Waals surface area contributed by atoms with Gasteiger partial charge in [0.1, 0.15) is 0 Å². The fourth-order valence-corrected chi connectivity index (χ4v) is 4.84. The standard InChI is InChI=1S/C22H22F3N3O4S/c1-2-32-20(30)17-18(14-6-4-3-5-7-14)28-15(12-16(29)27-8-10-31-11-9-27)13-33-21(28)26-19(17)22(23,24)25/h3-7,13,18H,2,8-12H2,1H3/t18-/m0/s1. The zero-order chi connectivity index (χ0) is 23.6. The molecule has 3 aliphatic heterocycles. The van der Waals surface area contributed by atoms with Gasteiger partial charge >= 0.3 is 12.1 Å². The SMILES string of the molecule is CCOC(=O)C1=C(C(F)(F)F)N=C2SC=C(CC(=O)N3CCOCC3)N2[C@H]1c1ccccc1.